The molecule has 0 saturated carbocycles. The number of benzene rings is 1. The molecule has 8 heteroatoms. The van der Waals surface area contributed by atoms with E-state index in [1.807, 2.05) is 13.8 Å². The van der Waals surface area contributed by atoms with Gasteiger partial charge in [-0.15, -0.1) is 5.10 Å². The molecule has 0 aliphatic heterocycles. The first-order chi connectivity index (χ1) is 12.0. The Bertz CT molecular complexity index is 905. The van der Waals surface area contributed by atoms with Gasteiger partial charge in [0.05, 0.1) is 12.3 Å². The van der Waals surface area contributed by atoms with Gasteiger partial charge in [-0.05, 0) is 30.2 Å². The lowest BCUT2D eigenvalue weighted by atomic mass is 10.2. The SMILES string of the molecule is CNC(=O)c1ncc2c(OCC(C)C)nn(-c3ccc(F)cc3)c2n1. The van der Waals surface area contributed by atoms with E-state index >= 15 is 0 Å². The zero-order valence-electron chi connectivity index (χ0n) is 14.2. The largest absolute Gasteiger partial charge is 0.476 e. The molecule has 130 valence electrons. The molecular weight excluding hydrogens is 325 g/mol. The van der Waals surface area contributed by atoms with Crippen LogP contribution in [0.3, 0.4) is 0 Å². The zero-order chi connectivity index (χ0) is 18.0. The van der Waals surface area contributed by atoms with E-state index < -0.39 is 5.91 Å². The first-order valence-corrected chi connectivity index (χ1v) is 7.86. The molecule has 3 aromatic rings. The molecule has 0 fully saturated rings. The van der Waals surface area contributed by atoms with E-state index in [9.17, 15) is 9.18 Å². The van der Waals surface area contributed by atoms with Gasteiger partial charge in [0.15, 0.2) is 5.65 Å². The molecule has 1 aromatic carbocycles. The maximum absolute atomic E-state index is 13.2. The molecule has 2 heterocycles. The summed E-state index contributed by atoms with van der Waals surface area (Å²) in [5, 5.41) is 7.49. The number of ether oxygens (including phenoxy) is 1. The number of rotatable bonds is 5. The highest BCUT2D eigenvalue weighted by molar-refractivity contribution is 5.92. The molecule has 0 saturated heterocycles. The van der Waals surface area contributed by atoms with Gasteiger partial charge in [-0.2, -0.15) is 0 Å². The third-order valence-electron chi connectivity index (χ3n) is 3.45. The van der Waals surface area contributed by atoms with Crippen molar-refractivity contribution in [1.29, 1.82) is 0 Å². The molecule has 0 aliphatic carbocycles. The standard InChI is InChI=1S/C17H18FN5O2/c1-10(2)9-25-17-13-8-20-14(16(24)19-3)21-15(13)23(22-17)12-6-4-11(18)5-7-12/h4-8,10H,9H2,1-3H3,(H,19,24). The molecule has 1 amide bonds. The van der Waals surface area contributed by atoms with E-state index in [4.69, 9.17) is 4.74 Å². The van der Waals surface area contributed by atoms with E-state index in [-0.39, 0.29) is 11.6 Å². The van der Waals surface area contributed by atoms with Crippen LogP contribution in [-0.2, 0) is 0 Å². The Morgan fingerprint density at radius 3 is 2.68 bits per heavy atom. The Morgan fingerprint density at radius 1 is 1.32 bits per heavy atom. The van der Waals surface area contributed by atoms with Gasteiger partial charge in [0.1, 0.15) is 11.2 Å². The summed E-state index contributed by atoms with van der Waals surface area (Å²) in [6.07, 6.45) is 1.51. The first-order valence-electron chi connectivity index (χ1n) is 7.86. The number of aromatic nitrogens is 4. The van der Waals surface area contributed by atoms with Crippen molar-refractivity contribution in [2.24, 2.45) is 5.92 Å². The fourth-order valence-corrected chi connectivity index (χ4v) is 2.21. The van der Waals surface area contributed by atoms with Crippen LogP contribution in [0.1, 0.15) is 24.5 Å². The van der Waals surface area contributed by atoms with Gasteiger partial charge in [0, 0.05) is 13.2 Å². The highest BCUT2D eigenvalue weighted by Gasteiger charge is 2.18. The number of carbonyl (C=O) groups is 1. The number of nitrogens with zero attached hydrogens (tertiary/aromatic N) is 4. The Kier molecular flexibility index (Phi) is 4.60. The molecule has 1 N–H and O–H groups in total. The summed E-state index contributed by atoms with van der Waals surface area (Å²) in [6, 6.07) is 5.82. The van der Waals surface area contributed by atoms with Gasteiger partial charge in [0.2, 0.25) is 11.7 Å². The number of fused-ring (bicyclic) bond motifs is 1. The van der Waals surface area contributed by atoms with Crippen LogP contribution >= 0.6 is 0 Å². The van der Waals surface area contributed by atoms with Gasteiger partial charge in [-0.25, -0.2) is 19.0 Å². The monoisotopic (exact) mass is 343 g/mol. The van der Waals surface area contributed by atoms with Crippen molar-refractivity contribution in [2.45, 2.75) is 13.8 Å². The van der Waals surface area contributed by atoms with Crippen molar-refractivity contribution in [3.8, 4) is 11.6 Å². The second-order valence-electron chi connectivity index (χ2n) is 5.91. The number of nitrogens with one attached hydrogen (secondary N) is 1. The van der Waals surface area contributed by atoms with E-state index in [1.54, 1.807) is 12.1 Å². The minimum Gasteiger partial charge on any atom is -0.476 e. The summed E-state index contributed by atoms with van der Waals surface area (Å²) < 4.78 is 20.5. The molecular formula is C17H18FN5O2. The normalized spacial score (nSPS) is 11.1. The molecule has 0 bridgehead atoms. The van der Waals surface area contributed by atoms with Gasteiger partial charge in [-0.1, -0.05) is 13.8 Å². The summed E-state index contributed by atoms with van der Waals surface area (Å²) in [7, 11) is 1.50. The molecule has 0 spiro atoms. The maximum Gasteiger partial charge on any atom is 0.288 e. The number of hydrogen-bond donors (Lipinski definition) is 1. The average molecular weight is 343 g/mol. The molecule has 3 rings (SSSR count). The van der Waals surface area contributed by atoms with E-state index in [1.165, 1.54) is 30.1 Å². The summed E-state index contributed by atoms with van der Waals surface area (Å²) in [6.45, 7) is 4.53. The highest BCUT2D eigenvalue weighted by atomic mass is 19.1. The van der Waals surface area contributed by atoms with Crippen molar-refractivity contribution < 1.29 is 13.9 Å². The number of hydrogen-bond acceptors (Lipinski definition) is 5. The minimum absolute atomic E-state index is 0.0219. The summed E-state index contributed by atoms with van der Waals surface area (Å²) >= 11 is 0. The van der Waals surface area contributed by atoms with Gasteiger partial charge in [-0.3, -0.25) is 4.79 Å². The van der Waals surface area contributed by atoms with Crippen molar-refractivity contribution in [3.05, 3.63) is 42.1 Å². The van der Waals surface area contributed by atoms with Gasteiger partial charge in [0.25, 0.3) is 5.91 Å². The average Bonchev–Trinajstić information content (AvgIpc) is 2.98. The maximum atomic E-state index is 13.2. The summed E-state index contributed by atoms with van der Waals surface area (Å²) in [4.78, 5) is 20.2. The second kappa shape index (κ2) is 6.84. The van der Waals surface area contributed by atoms with Crippen molar-refractivity contribution in [2.75, 3.05) is 13.7 Å². The summed E-state index contributed by atoms with van der Waals surface area (Å²) in [5.74, 6) is -0.0437. The quantitative estimate of drug-likeness (QED) is 0.769. The van der Waals surface area contributed by atoms with Crippen molar-refractivity contribution in [1.82, 2.24) is 25.1 Å². The summed E-state index contributed by atoms with van der Waals surface area (Å²) in [5.41, 5.74) is 1.02. The Hall–Kier alpha value is -3.03. The topological polar surface area (TPSA) is 81.9 Å². The van der Waals surface area contributed by atoms with Crippen LogP contribution in [0, 0.1) is 11.7 Å². The predicted octanol–water partition coefficient (Wildman–Crippen LogP) is 2.35. The fraction of sp³-hybridized carbons (Fsp3) is 0.294. The van der Waals surface area contributed by atoms with Crippen LogP contribution in [0.4, 0.5) is 4.39 Å². The Balaban J connectivity index is 2.15. The lowest BCUT2D eigenvalue weighted by Gasteiger charge is -2.05. The zero-order valence-corrected chi connectivity index (χ0v) is 14.2. The molecule has 0 aliphatic rings. The van der Waals surface area contributed by atoms with Gasteiger partial charge >= 0.3 is 0 Å². The lowest BCUT2D eigenvalue weighted by molar-refractivity contribution is 0.0953. The predicted molar refractivity (Wildman–Crippen MR) is 90.3 cm³/mol. The lowest BCUT2D eigenvalue weighted by Crippen LogP contribution is -2.20. The smallest absolute Gasteiger partial charge is 0.288 e. The van der Waals surface area contributed by atoms with Crippen LogP contribution in [0.15, 0.2) is 30.5 Å². The minimum atomic E-state index is -0.404. The Morgan fingerprint density at radius 2 is 2.04 bits per heavy atom. The van der Waals surface area contributed by atoms with E-state index in [2.05, 4.69) is 20.4 Å². The first kappa shape index (κ1) is 16.8. The number of amides is 1. The van der Waals surface area contributed by atoms with Crippen LogP contribution in [0.25, 0.3) is 16.7 Å². The molecule has 2 aromatic heterocycles. The van der Waals surface area contributed by atoms with E-state index in [0.29, 0.717) is 35.1 Å². The van der Waals surface area contributed by atoms with Crippen LogP contribution in [0.2, 0.25) is 0 Å². The van der Waals surface area contributed by atoms with Crippen LogP contribution in [-0.4, -0.2) is 39.3 Å². The van der Waals surface area contributed by atoms with Crippen molar-refractivity contribution in [3.63, 3.8) is 0 Å². The molecule has 25 heavy (non-hydrogen) atoms. The molecule has 7 nitrogen and oxygen atoms in total. The molecule has 0 radical (unpaired) electrons. The van der Waals surface area contributed by atoms with Crippen molar-refractivity contribution >= 4 is 16.9 Å². The van der Waals surface area contributed by atoms with Crippen LogP contribution in [0.5, 0.6) is 5.88 Å². The highest BCUT2D eigenvalue weighted by Crippen LogP contribution is 2.26. The second-order valence-corrected chi connectivity index (χ2v) is 5.91. The number of carbonyl (C=O) groups excluding carboxylic acids is 1. The molecule has 0 atom stereocenters. The third-order valence-corrected chi connectivity index (χ3v) is 3.45. The van der Waals surface area contributed by atoms with E-state index in [0.717, 1.165) is 0 Å². The van der Waals surface area contributed by atoms with Crippen LogP contribution < -0.4 is 10.1 Å². The fourth-order valence-electron chi connectivity index (χ4n) is 2.21. The Labute approximate surface area is 143 Å². The molecule has 0 unspecified atom stereocenters. The van der Waals surface area contributed by atoms with Gasteiger partial charge < -0.3 is 10.1 Å². The third kappa shape index (κ3) is 3.42. The number of halogens is 1.